The molecule has 0 bridgehead atoms. The van der Waals surface area contributed by atoms with Crippen LogP contribution in [0.25, 0.3) is 0 Å². The van der Waals surface area contributed by atoms with Gasteiger partial charge < -0.3 is 10.5 Å². The lowest BCUT2D eigenvalue weighted by atomic mass is 10.0. The molecule has 0 saturated heterocycles. The molecule has 0 fully saturated rings. The summed E-state index contributed by atoms with van der Waals surface area (Å²) in [6, 6.07) is 13.6. The van der Waals surface area contributed by atoms with Crippen LogP contribution in [0.5, 0.6) is 5.75 Å². The van der Waals surface area contributed by atoms with Crippen LogP contribution in [0, 0.1) is 0 Å². The Morgan fingerprint density at radius 1 is 1.27 bits per heavy atom. The van der Waals surface area contributed by atoms with Gasteiger partial charge in [0.15, 0.2) is 5.11 Å². The molecule has 1 aromatic carbocycles. The van der Waals surface area contributed by atoms with E-state index in [1.54, 1.807) is 18.3 Å². The van der Waals surface area contributed by atoms with Crippen molar-refractivity contribution in [1.82, 2.24) is 9.99 Å². The third-order valence-corrected chi connectivity index (χ3v) is 3.78. The Bertz CT molecular complexity index is 700. The fourth-order valence-corrected chi connectivity index (χ4v) is 2.66. The number of thiocarbonyl (C=S) groups is 1. The monoisotopic (exact) mass is 312 g/mol. The standard InChI is InChI=1S/C16H16N4OS/c1-21-12-7-5-11(6-8-12)15-10-14(19-20(15)16(17)22)13-4-2-3-9-18-13/h2-9,15H,10H2,1H3,(H2,17,22)/t15-/m0/s1. The highest BCUT2D eigenvalue weighted by Crippen LogP contribution is 2.32. The number of nitrogens with zero attached hydrogens (tertiary/aromatic N) is 3. The summed E-state index contributed by atoms with van der Waals surface area (Å²) in [6.07, 6.45) is 2.46. The van der Waals surface area contributed by atoms with Crippen molar-refractivity contribution in [2.24, 2.45) is 10.8 Å². The van der Waals surface area contributed by atoms with Gasteiger partial charge in [-0.1, -0.05) is 18.2 Å². The number of ether oxygens (including phenoxy) is 1. The second kappa shape index (κ2) is 6.11. The molecular formula is C16H16N4OS. The predicted molar refractivity (Wildman–Crippen MR) is 89.8 cm³/mol. The van der Waals surface area contributed by atoms with Crippen molar-refractivity contribution in [3.05, 3.63) is 59.9 Å². The molecule has 2 N–H and O–H groups in total. The van der Waals surface area contributed by atoms with E-state index in [0.29, 0.717) is 6.42 Å². The normalized spacial score (nSPS) is 17.2. The highest BCUT2D eigenvalue weighted by Gasteiger charge is 2.30. The first kappa shape index (κ1) is 14.5. The molecule has 0 spiro atoms. The van der Waals surface area contributed by atoms with Gasteiger partial charge in [-0.25, -0.2) is 5.01 Å². The minimum Gasteiger partial charge on any atom is -0.497 e. The SMILES string of the molecule is COc1ccc([C@@H]2CC(c3ccccn3)=NN2C(N)=S)cc1. The van der Waals surface area contributed by atoms with Gasteiger partial charge in [-0.05, 0) is 42.0 Å². The summed E-state index contributed by atoms with van der Waals surface area (Å²) in [5, 5.41) is 6.49. The number of hydrogen-bond donors (Lipinski definition) is 1. The van der Waals surface area contributed by atoms with Gasteiger partial charge in [0.1, 0.15) is 5.75 Å². The molecule has 2 heterocycles. The summed E-state index contributed by atoms with van der Waals surface area (Å²) in [4.78, 5) is 4.35. The van der Waals surface area contributed by atoms with Crippen molar-refractivity contribution < 1.29 is 4.74 Å². The minimum atomic E-state index is -0.0135. The highest BCUT2D eigenvalue weighted by molar-refractivity contribution is 7.80. The predicted octanol–water partition coefficient (Wildman–Crippen LogP) is 2.48. The minimum absolute atomic E-state index is 0.0135. The van der Waals surface area contributed by atoms with Gasteiger partial charge in [-0.3, -0.25) is 4.98 Å². The van der Waals surface area contributed by atoms with Crippen LogP contribution in [0.1, 0.15) is 23.7 Å². The summed E-state index contributed by atoms with van der Waals surface area (Å²) < 4.78 is 5.19. The van der Waals surface area contributed by atoms with E-state index in [4.69, 9.17) is 22.7 Å². The Labute approximate surface area is 134 Å². The van der Waals surface area contributed by atoms with E-state index < -0.39 is 0 Å². The number of methoxy groups -OCH3 is 1. The van der Waals surface area contributed by atoms with Crippen molar-refractivity contribution >= 4 is 23.0 Å². The molecular weight excluding hydrogens is 296 g/mol. The number of rotatable bonds is 3. The molecule has 0 amide bonds. The van der Waals surface area contributed by atoms with Crippen molar-refractivity contribution in [2.45, 2.75) is 12.5 Å². The maximum absolute atomic E-state index is 5.83. The summed E-state index contributed by atoms with van der Waals surface area (Å²) in [5.74, 6) is 0.814. The maximum Gasteiger partial charge on any atom is 0.187 e. The number of hydrogen-bond acceptors (Lipinski definition) is 4. The molecule has 1 aliphatic rings. The van der Waals surface area contributed by atoms with E-state index in [0.717, 1.165) is 22.7 Å². The Hall–Kier alpha value is -2.47. The Balaban J connectivity index is 1.90. The first-order chi connectivity index (χ1) is 10.7. The molecule has 0 saturated carbocycles. The average molecular weight is 312 g/mol. The van der Waals surface area contributed by atoms with Gasteiger partial charge in [0.05, 0.1) is 24.6 Å². The summed E-state index contributed by atoms with van der Waals surface area (Å²) in [6.45, 7) is 0. The average Bonchev–Trinajstić information content (AvgIpc) is 3.01. The Morgan fingerprint density at radius 2 is 2.05 bits per heavy atom. The second-order valence-corrected chi connectivity index (χ2v) is 5.36. The van der Waals surface area contributed by atoms with Gasteiger partial charge in [0.25, 0.3) is 0 Å². The van der Waals surface area contributed by atoms with E-state index in [9.17, 15) is 0 Å². The number of hydrazone groups is 1. The summed E-state index contributed by atoms with van der Waals surface area (Å²) >= 11 is 5.14. The number of benzene rings is 1. The van der Waals surface area contributed by atoms with E-state index >= 15 is 0 Å². The lowest BCUT2D eigenvalue weighted by Crippen LogP contribution is -2.31. The van der Waals surface area contributed by atoms with Crippen LogP contribution in [0.2, 0.25) is 0 Å². The lowest BCUT2D eigenvalue weighted by molar-refractivity contribution is 0.371. The molecule has 0 radical (unpaired) electrons. The van der Waals surface area contributed by atoms with E-state index in [1.165, 1.54) is 0 Å². The molecule has 6 heteroatoms. The number of pyridine rings is 1. The summed E-state index contributed by atoms with van der Waals surface area (Å²) in [5.41, 5.74) is 8.64. The van der Waals surface area contributed by atoms with Gasteiger partial charge in [-0.15, -0.1) is 0 Å². The van der Waals surface area contributed by atoms with Gasteiger partial charge in [-0.2, -0.15) is 5.10 Å². The van der Waals surface area contributed by atoms with E-state index in [1.807, 2.05) is 42.5 Å². The molecule has 22 heavy (non-hydrogen) atoms. The third kappa shape index (κ3) is 2.78. The first-order valence-corrected chi connectivity index (χ1v) is 7.31. The second-order valence-electron chi connectivity index (χ2n) is 4.94. The van der Waals surface area contributed by atoms with Crippen LogP contribution in [-0.4, -0.2) is 27.9 Å². The van der Waals surface area contributed by atoms with Crippen LogP contribution in [0.15, 0.2) is 53.8 Å². The molecule has 112 valence electrons. The smallest absolute Gasteiger partial charge is 0.187 e. The molecule has 0 unspecified atom stereocenters. The Morgan fingerprint density at radius 3 is 2.64 bits per heavy atom. The van der Waals surface area contributed by atoms with Crippen molar-refractivity contribution in [3.63, 3.8) is 0 Å². The van der Waals surface area contributed by atoms with Crippen LogP contribution >= 0.6 is 12.2 Å². The Kier molecular flexibility index (Phi) is 4.02. The van der Waals surface area contributed by atoms with Crippen molar-refractivity contribution in [1.29, 1.82) is 0 Å². The molecule has 1 atom stereocenters. The van der Waals surface area contributed by atoms with Crippen molar-refractivity contribution in [3.8, 4) is 5.75 Å². The van der Waals surface area contributed by atoms with Gasteiger partial charge in [0, 0.05) is 12.6 Å². The van der Waals surface area contributed by atoms with Crippen molar-refractivity contribution in [2.75, 3.05) is 7.11 Å². The van der Waals surface area contributed by atoms with Gasteiger partial charge in [0.2, 0.25) is 0 Å². The molecule has 1 aliphatic heterocycles. The van der Waals surface area contributed by atoms with Crippen LogP contribution in [0.4, 0.5) is 0 Å². The van der Waals surface area contributed by atoms with E-state index in [-0.39, 0.29) is 11.2 Å². The fraction of sp³-hybridized carbons (Fsp3) is 0.188. The van der Waals surface area contributed by atoms with Crippen LogP contribution in [0.3, 0.4) is 0 Å². The van der Waals surface area contributed by atoms with Crippen LogP contribution in [-0.2, 0) is 0 Å². The zero-order valence-electron chi connectivity index (χ0n) is 12.1. The molecule has 5 nitrogen and oxygen atoms in total. The third-order valence-electron chi connectivity index (χ3n) is 3.60. The number of nitrogens with two attached hydrogens (primary N) is 1. The maximum atomic E-state index is 5.83. The number of aromatic nitrogens is 1. The molecule has 0 aliphatic carbocycles. The molecule has 2 aromatic rings. The largest absolute Gasteiger partial charge is 0.497 e. The van der Waals surface area contributed by atoms with Gasteiger partial charge >= 0.3 is 0 Å². The zero-order chi connectivity index (χ0) is 15.5. The summed E-state index contributed by atoms with van der Waals surface area (Å²) in [7, 11) is 1.65. The lowest BCUT2D eigenvalue weighted by Gasteiger charge is -2.22. The fourth-order valence-electron chi connectivity index (χ4n) is 2.49. The van der Waals surface area contributed by atoms with E-state index in [2.05, 4.69) is 10.1 Å². The zero-order valence-corrected chi connectivity index (χ0v) is 13.0. The molecule has 1 aromatic heterocycles. The highest BCUT2D eigenvalue weighted by atomic mass is 32.1. The van der Waals surface area contributed by atoms with Crippen LogP contribution < -0.4 is 10.5 Å². The first-order valence-electron chi connectivity index (χ1n) is 6.90. The topological polar surface area (TPSA) is 63.7 Å². The quantitative estimate of drug-likeness (QED) is 0.882. The molecule has 3 rings (SSSR count).